The van der Waals surface area contributed by atoms with Crippen molar-refractivity contribution in [2.24, 2.45) is 7.05 Å². The van der Waals surface area contributed by atoms with E-state index in [0.717, 1.165) is 7.05 Å². The summed E-state index contributed by atoms with van der Waals surface area (Å²) in [5, 5.41) is 5.76. The fourth-order valence-electron chi connectivity index (χ4n) is 2.24. The van der Waals surface area contributed by atoms with Crippen LogP contribution < -0.4 is 20.5 Å². The van der Waals surface area contributed by atoms with Crippen LogP contribution in [0.15, 0.2) is 23.0 Å². The van der Waals surface area contributed by atoms with Gasteiger partial charge in [-0.25, -0.2) is 9.48 Å². The van der Waals surface area contributed by atoms with Crippen LogP contribution in [0.5, 0.6) is 11.5 Å². The molecule has 1 aromatic carbocycles. The number of nitrogens with zero attached hydrogens (tertiary/aromatic N) is 3. The highest BCUT2D eigenvalue weighted by atomic mass is 19.4. The number of hydrogen-bond acceptors (Lipinski definition) is 5. The summed E-state index contributed by atoms with van der Waals surface area (Å²) in [7, 11) is 3.86. The van der Waals surface area contributed by atoms with E-state index < -0.39 is 23.6 Å². The molecule has 1 amide bonds. The molecule has 0 aliphatic carbocycles. The molecule has 1 heterocycles. The maximum absolute atomic E-state index is 12.7. The van der Waals surface area contributed by atoms with Crippen molar-refractivity contribution in [1.82, 2.24) is 19.7 Å². The number of alkyl halides is 3. The summed E-state index contributed by atoms with van der Waals surface area (Å²) < 4.78 is 49.4. The van der Waals surface area contributed by atoms with E-state index in [1.807, 2.05) is 0 Å². The van der Waals surface area contributed by atoms with E-state index in [9.17, 15) is 22.8 Å². The molecule has 0 fully saturated rings. The fraction of sp³-hybridized carbons (Fsp3) is 0.400. The maximum Gasteiger partial charge on any atom is 0.451 e. The summed E-state index contributed by atoms with van der Waals surface area (Å²) in [5.41, 5.74) is -0.648. The summed E-state index contributed by atoms with van der Waals surface area (Å²) in [6, 6.07) is 4.51. The van der Waals surface area contributed by atoms with Crippen LogP contribution in [0.4, 0.5) is 13.2 Å². The Kier molecular flexibility index (Phi) is 5.58. The Hall–Kier alpha value is -2.98. The lowest BCUT2D eigenvalue weighted by Crippen LogP contribution is -2.31. The van der Waals surface area contributed by atoms with Crippen LogP contribution in [0.25, 0.3) is 0 Å². The van der Waals surface area contributed by atoms with Gasteiger partial charge in [-0.05, 0) is 18.2 Å². The molecule has 0 radical (unpaired) electrons. The first-order valence-corrected chi connectivity index (χ1v) is 7.40. The van der Waals surface area contributed by atoms with E-state index in [2.05, 4.69) is 10.4 Å². The van der Waals surface area contributed by atoms with Crippen LogP contribution in [-0.4, -0.2) is 41.0 Å². The van der Waals surface area contributed by atoms with E-state index in [1.54, 1.807) is 6.07 Å². The Bertz CT molecular complexity index is 858. The van der Waals surface area contributed by atoms with Gasteiger partial charge in [0.1, 0.15) is 0 Å². The van der Waals surface area contributed by atoms with E-state index in [0.29, 0.717) is 20.7 Å². The number of aromatic nitrogens is 3. The van der Waals surface area contributed by atoms with Crippen LogP contribution in [0, 0.1) is 0 Å². The van der Waals surface area contributed by atoms with Crippen molar-refractivity contribution in [3.63, 3.8) is 0 Å². The van der Waals surface area contributed by atoms with Crippen molar-refractivity contribution in [1.29, 1.82) is 0 Å². The number of hydrogen-bond donors (Lipinski definition) is 1. The molecule has 0 aliphatic heterocycles. The number of nitrogens with one attached hydrogen (secondary N) is 1. The Morgan fingerprint density at radius 2 is 1.88 bits per heavy atom. The number of carbonyl (C=O) groups excluding carboxylic acids is 1. The predicted octanol–water partition coefficient (Wildman–Crippen LogP) is 1.05. The molecule has 26 heavy (non-hydrogen) atoms. The molecule has 11 heteroatoms. The van der Waals surface area contributed by atoms with Crippen molar-refractivity contribution in [3.8, 4) is 11.5 Å². The van der Waals surface area contributed by atoms with Gasteiger partial charge in [0.2, 0.25) is 5.82 Å². The Labute approximate surface area is 146 Å². The third kappa shape index (κ3) is 3.98. The largest absolute Gasteiger partial charge is 0.493 e. The van der Waals surface area contributed by atoms with Gasteiger partial charge in [-0.1, -0.05) is 0 Å². The van der Waals surface area contributed by atoms with Gasteiger partial charge in [0.25, 0.3) is 5.91 Å². The zero-order valence-corrected chi connectivity index (χ0v) is 14.3. The predicted molar refractivity (Wildman–Crippen MR) is 84.3 cm³/mol. The molecular weight excluding hydrogens is 357 g/mol. The van der Waals surface area contributed by atoms with Crippen molar-refractivity contribution >= 4 is 5.91 Å². The molecule has 2 rings (SSSR count). The van der Waals surface area contributed by atoms with Crippen LogP contribution in [-0.2, 0) is 19.8 Å². The van der Waals surface area contributed by atoms with E-state index in [4.69, 9.17) is 9.47 Å². The van der Waals surface area contributed by atoms with Crippen LogP contribution in [0.2, 0.25) is 0 Å². The summed E-state index contributed by atoms with van der Waals surface area (Å²) in [4.78, 5) is 23.9. The molecule has 0 bridgehead atoms. The third-order valence-electron chi connectivity index (χ3n) is 3.55. The molecular formula is C15H17F3N4O4. The van der Waals surface area contributed by atoms with Gasteiger partial charge in [0.15, 0.2) is 11.5 Å². The first kappa shape index (κ1) is 19.3. The second-order valence-electron chi connectivity index (χ2n) is 5.21. The number of carbonyl (C=O) groups is 1. The lowest BCUT2D eigenvalue weighted by Gasteiger charge is -2.10. The van der Waals surface area contributed by atoms with Gasteiger partial charge in [-0.15, -0.1) is 5.10 Å². The standard InChI is InChI=1S/C15H17F3N4O4/c1-21-13(15(16,17)18)20-22(14(21)24)7-6-19-12(23)9-4-5-10(25-2)11(8-9)26-3/h4-5,8H,6-7H2,1-3H3,(H,19,23). The van der Waals surface area contributed by atoms with E-state index in [1.165, 1.54) is 26.4 Å². The molecule has 0 spiro atoms. The molecule has 0 saturated heterocycles. The number of halogens is 3. The smallest absolute Gasteiger partial charge is 0.451 e. The molecule has 1 aromatic heterocycles. The highest BCUT2D eigenvalue weighted by molar-refractivity contribution is 5.94. The number of methoxy groups -OCH3 is 2. The van der Waals surface area contributed by atoms with Crippen molar-refractivity contribution in [2.75, 3.05) is 20.8 Å². The average Bonchev–Trinajstić information content (AvgIpc) is 2.89. The minimum Gasteiger partial charge on any atom is -0.493 e. The quantitative estimate of drug-likeness (QED) is 0.817. The zero-order valence-electron chi connectivity index (χ0n) is 14.3. The van der Waals surface area contributed by atoms with Crippen LogP contribution in [0.1, 0.15) is 16.2 Å². The van der Waals surface area contributed by atoms with Gasteiger partial charge in [-0.2, -0.15) is 13.2 Å². The zero-order chi connectivity index (χ0) is 19.5. The highest BCUT2D eigenvalue weighted by Crippen LogP contribution is 2.27. The number of benzene rings is 1. The van der Waals surface area contributed by atoms with Crippen molar-refractivity contribution < 1.29 is 27.4 Å². The minimum absolute atomic E-state index is 0.0819. The van der Waals surface area contributed by atoms with Gasteiger partial charge in [0, 0.05) is 19.2 Å². The highest BCUT2D eigenvalue weighted by Gasteiger charge is 2.37. The van der Waals surface area contributed by atoms with E-state index >= 15 is 0 Å². The molecule has 1 N–H and O–H groups in total. The van der Waals surface area contributed by atoms with E-state index in [-0.39, 0.29) is 18.7 Å². The van der Waals surface area contributed by atoms with Gasteiger partial charge >= 0.3 is 11.9 Å². The minimum atomic E-state index is -4.73. The number of rotatable bonds is 6. The summed E-state index contributed by atoms with van der Waals surface area (Å²) in [6.07, 6.45) is -4.73. The van der Waals surface area contributed by atoms with Crippen LogP contribution in [0.3, 0.4) is 0 Å². The molecule has 0 saturated carbocycles. The monoisotopic (exact) mass is 374 g/mol. The second kappa shape index (κ2) is 7.50. The molecule has 142 valence electrons. The van der Waals surface area contributed by atoms with Crippen LogP contribution >= 0.6 is 0 Å². The summed E-state index contributed by atoms with van der Waals surface area (Å²) in [5.74, 6) is -0.973. The lowest BCUT2D eigenvalue weighted by atomic mass is 10.2. The average molecular weight is 374 g/mol. The lowest BCUT2D eigenvalue weighted by molar-refractivity contribution is -0.147. The Balaban J connectivity index is 2.04. The maximum atomic E-state index is 12.7. The molecule has 0 aliphatic rings. The second-order valence-corrected chi connectivity index (χ2v) is 5.21. The fourth-order valence-corrected chi connectivity index (χ4v) is 2.24. The third-order valence-corrected chi connectivity index (χ3v) is 3.55. The van der Waals surface area contributed by atoms with Gasteiger partial charge in [-0.3, -0.25) is 9.36 Å². The molecule has 0 atom stereocenters. The Morgan fingerprint density at radius 1 is 1.23 bits per heavy atom. The normalized spacial score (nSPS) is 11.3. The summed E-state index contributed by atoms with van der Waals surface area (Å²) >= 11 is 0. The van der Waals surface area contributed by atoms with Crippen molar-refractivity contribution in [2.45, 2.75) is 12.7 Å². The summed E-state index contributed by atoms with van der Waals surface area (Å²) in [6.45, 7) is -0.289. The topological polar surface area (TPSA) is 87.4 Å². The van der Waals surface area contributed by atoms with Gasteiger partial charge < -0.3 is 14.8 Å². The van der Waals surface area contributed by atoms with Crippen molar-refractivity contribution in [3.05, 3.63) is 40.1 Å². The SMILES string of the molecule is COc1ccc(C(=O)NCCn2nc(C(F)(F)F)n(C)c2=O)cc1OC. The molecule has 0 unspecified atom stereocenters. The number of ether oxygens (including phenoxy) is 2. The molecule has 2 aromatic rings. The molecule has 8 nitrogen and oxygen atoms in total. The first-order chi connectivity index (χ1) is 12.2. The Morgan fingerprint density at radius 3 is 2.42 bits per heavy atom. The first-order valence-electron chi connectivity index (χ1n) is 7.40. The number of amides is 1. The van der Waals surface area contributed by atoms with Gasteiger partial charge in [0.05, 0.1) is 20.8 Å².